The Labute approximate surface area is 263 Å². The standard InChI is InChI=1S/2C18H27NO3/c2*1-11(2)6-13-10-19-5-4-12-7-17(21)18(22-3)8-14(12)15(19)9-16(13)20/h2*7-8,11,13,15-16,20-21H,4-6,9-10H2,1-3H3/t2*13-,15-,16+/m10/s1. The van der Waals surface area contributed by atoms with Gasteiger partial charge in [-0.15, -0.1) is 0 Å². The highest BCUT2D eigenvalue weighted by Crippen LogP contribution is 2.45. The smallest absolute Gasteiger partial charge is 0.160 e. The number of ether oxygens (including phenoxy) is 2. The summed E-state index contributed by atoms with van der Waals surface area (Å²) in [6.45, 7) is 12.8. The fraction of sp³-hybridized carbons (Fsp3) is 0.667. The van der Waals surface area contributed by atoms with E-state index in [2.05, 4.69) is 37.5 Å². The zero-order chi connectivity index (χ0) is 31.7. The second-order valence-corrected chi connectivity index (χ2v) is 14.4. The molecule has 2 aromatic carbocycles. The number of hydrogen-bond acceptors (Lipinski definition) is 8. The summed E-state index contributed by atoms with van der Waals surface area (Å²) in [7, 11) is 3.16. The summed E-state index contributed by atoms with van der Waals surface area (Å²) in [5.74, 6) is 3.45. The first-order valence-corrected chi connectivity index (χ1v) is 16.6. The van der Waals surface area contributed by atoms with Crippen LogP contribution in [-0.2, 0) is 12.8 Å². The average Bonchev–Trinajstić information content (AvgIpc) is 2.97. The topological polar surface area (TPSA) is 106 Å². The zero-order valence-electron chi connectivity index (χ0n) is 27.5. The SMILES string of the molecule is COc1cc2c(cc1O)CCN1C[C@@H](CC(C)C)[C@@H](O)C[C@H]21.COc1cc2c(cc1O)CCN1C[C@H](CC(C)C)[C@H](O)C[C@@H]21. The monoisotopic (exact) mass is 610 g/mol. The number of methoxy groups -OCH3 is 2. The van der Waals surface area contributed by atoms with Crippen molar-refractivity contribution < 1.29 is 29.9 Å². The predicted molar refractivity (Wildman–Crippen MR) is 172 cm³/mol. The third kappa shape index (κ3) is 6.99. The lowest BCUT2D eigenvalue weighted by Gasteiger charge is -2.46. The molecule has 4 N–H and O–H groups in total. The maximum atomic E-state index is 10.6. The van der Waals surface area contributed by atoms with Crippen LogP contribution in [0.4, 0.5) is 0 Å². The van der Waals surface area contributed by atoms with Gasteiger partial charge in [-0.05, 0) is 109 Å². The van der Waals surface area contributed by atoms with E-state index in [9.17, 15) is 20.4 Å². The highest BCUT2D eigenvalue weighted by molar-refractivity contribution is 5.50. The molecule has 0 saturated carbocycles. The van der Waals surface area contributed by atoms with Crippen LogP contribution in [0.15, 0.2) is 24.3 Å². The molecule has 0 spiro atoms. The van der Waals surface area contributed by atoms with Gasteiger partial charge in [0, 0.05) is 38.3 Å². The van der Waals surface area contributed by atoms with Crippen molar-refractivity contribution in [3.05, 3.63) is 46.5 Å². The van der Waals surface area contributed by atoms with Gasteiger partial charge in [-0.3, -0.25) is 9.80 Å². The van der Waals surface area contributed by atoms with Gasteiger partial charge in [0.1, 0.15) is 0 Å². The Morgan fingerprint density at radius 3 is 1.41 bits per heavy atom. The molecular weight excluding hydrogens is 556 g/mol. The van der Waals surface area contributed by atoms with Crippen molar-refractivity contribution in [1.82, 2.24) is 9.80 Å². The average molecular weight is 611 g/mol. The lowest BCUT2D eigenvalue weighted by molar-refractivity contribution is -0.0192. The van der Waals surface area contributed by atoms with Crippen LogP contribution < -0.4 is 9.47 Å². The molecule has 4 aliphatic rings. The fourth-order valence-corrected chi connectivity index (χ4v) is 8.22. The molecule has 0 aromatic heterocycles. The minimum atomic E-state index is -0.241. The molecule has 8 nitrogen and oxygen atoms in total. The molecule has 8 heteroatoms. The summed E-state index contributed by atoms with van der Waals surface area (Å²) in [4.78, 5) is 5.00. The van der Waals surface area contributed by atoms with Crippen molar-refractivity contribution in [3.8, 4) is 23.0 Å². The molecule has 44 heavy (non-hydrogen) atoms. The van der Waals surface area contributed by atoms with E-state index in [-0.39, 0.29) is 35.8 Å². The van der Waals surface area contributed by atoms with Crippen molar-refractivity contribution in [2.45, 2.75) is 90.5 Å². The van der Waals surface area contributed by atoms with Crippen LogP contribution in [-0.4, -0.2) is 82.8 Å². The molecular formula is C36H54N2O6. The molecule has 4 heterocycles. The summed E-state index contributed by atoms with van der Waals surface area (Å²) in [6.07, 6.45) is 5.13. The molecule has 0 unspecified atom stereocenters. The Balaban J connectivity index is 0.000000175. The fourth-order valence-electron chi connectivity index (χ4n) is 8.22. The Morgan fingerprint density at radius 2 is 1.07 bits per heavy atom. The first-order valence-electron chi connectivity index (χ1n) is 16.6. The minimum Gasteiger partial charge on any atom is -0.504 e. The van der Waals surface area contributed by atoms with Crippen LogP contribution in [0.25, 0.3) is 0 Å². The summed E-state index contributed by atoms with van der Waals surface area (Å²) >= 11 is 0. The Morgan fingerprint density at radius 1 is 0.682 bits per heavy atom. The number of nitrogens with zero attached hydrogens (tertiary/aromatic N) is 2. The molecule has 6 rings (SSSR count). The summed E-state index contributed by atoms with van der Waals surface area (Å²) in [5, 5.41) is 41.0. The van der Waals surface area contributed by atoms with Gasteiger partial charge in [0.2, 0.25) is 0 Å². The minimum absolute atomic E-state index is 0.212. The number of phenolic OH excluding ortho intramolecular Hbond substituents is 2. The summed E-state index contributed by atoms with van der Waals surface area (Å²) < 4.78 is 10.5. The van der Waals surface area contributed by atoms with E-state index in [1.54, 1.807) is 14.2 Å². The molecule has 2 aromatic rings. The Hall–Kier alpha value is -2.52. The maximum Gasteiger partial charge on any atom is 0.160 e. The number of aliphatic hydroxyl groups excluding tert-OH is 2. The second kappa shape index (κ2) is 13.9. The molecule has 4 aliphatic heterocycles. The summed E-state index contributed by atoms with van der Waals surface area (Å²) in [5.41, 5.74) is 4.80. The van der Waals surface area contributed by atoms with E-state index in [0.717, 1.165) is 64.7 Å². The lowest BCUT2D eigenvalue weighted by Crippen LogP contribution is -2.48. The first-order chi connectivity index (χ1) is 21.0. The van der Waals surface area contributed by atoms with Gasteiger partial charge in [-0.2, -0.15) is 0 Å². The van der Waals surface area contributed by atoms with Crippen LogP contribution in [0.1, 0.15) is 87.7 Å². The molecule has 2 fully saturated rings. The van der Waals surface area contributed by atoms with E-state index in [1.165, 1.54) is 22.3 Å². The van der Waals surface area contributed by atoms with Crippen LogP contribution in [0, 0.1) is 23.7 Å². The van der Waals surface area contributed by atoms with E-state index in [4.69, 9.17) is 9.47 Å². The normalized spacial score (nSPS) is 28.3. The molecule has 0 aliphatic carbocycles. The van der Waals surface area contributed by atoms with Crippen LogP contribution in [0.5, 0.6) is 23.0 Å². The summed E-state index contributed by atoms with van der Waals surface area (Å²) in [6, 6.07) is 8.07. The Bertz CT molecular complexity index is 1180. The van der Waals surface area contributed by atoms with Gasteiger partial charge in [0.05, 0.1) is 26.4 Å². The van der Waals surface area contributed by atoms with Gasteiger partial charge >= 0.3 is 0 Å². The number of phenols is 2. The van der Waals surface area contributed by atoms with Crippen molar-refractivity contribution in [3.63, 3.8) is 0 Å². The number of rotatable bonds is 6. The van der Waals surface area contributed by atoms with Gasteiger partial charge in [0.25, 0.3) is 0 Å². The van der Waals surface area contributed by atoms with E-state index in [1.807, 2.05) is 24.3 Å². The number of aromatic hydroxyl groups is 2. The Kier molecular flexibility index (Phi) is 10.3. The highest BCUT2D eigenvalue weighted by atomic mass is 16.5. The molecule has 0 amide bonds. The number of piperidine rings is 2. The second-order valence-electron chi connectivity index (χ2n) is 14.4. The molecule has 6 atom stereocenters. The molecule has 244 valence electrons. The van der Waals surface area contributed by atoms with Crippen molar-refractivity contribution in [2.75, 3.05) is 40.4 Å². The molecule has 0 bridgehead atoms. The van der Waals surface area contributed by atoms with Gasteiger partial charge in [0.15, 0.2) is 23.0 Å². The first kappa shape index (κ1) is 32.9. The largest absolute Gasteiger partial charge is 0.504 e. The highest BCUT2D eigenvalue weighted by Gasteiger charge is 2.40. The van der Waals surface area contributed by atoms with Gasteiger partial charge in [-0.25, -0.2) is 0 Å². The molecule has 0 radical (unpaired) electrons. The third-order valence-electron chi connectivity index (χ3n) is 10.3. The van der Waals surface area contributed by atoms with Crippen LogP contribution in [0.3, 0.4) is 0 Å². The number of hydrogen-bond donors (Lipinski definition) is 4. The predicted octanol–water partition coefficient (Wildman–Crippen LogP) is 5.45. The third-order valence-corrected chi connectivity index (χ3v) is 10.3. The number of benzene rings is 2. The maximum absolute atomic E-state index is 10.6. The van der Waals surface area contributed by atoms with E-state index < -0.39 is 0 Å². The van der Waals surface area contributed by atoms with Gasteiger partial charge in [-0.1, -0.05) is 27.7 Å². The zero-order valence-corrected chi connectivity index (χ0v) is 27.5. The lowest BCUT2D eigenvalue weighted by atomic mass is 9.79. The van der Waals surface area contributed by atoms with E-state index in [0.29, 0.717) is 35.2 Å². The van der Waals surface area contributed by atoms with Crippen LogP contribution in [0.2, 0.25) is 0 Å². The number of fused-ring (bicyclic) bond motifs is 6. The van der Waals surface area contributed by atoms with E-state index >= 15 is 0 Å². The number of aliphatic hydroxyl groups is 2. The van der Waals surface area contributed by atoms with Crippen molar-refractivity contribution in [2.24, 2.45) is 23.7 Å². The molecule has 2 saturated heterocycles. The van der Waals surface area contributed by atoms with Crippen molar-refractivity contribution >= 4 is 0 Å². The quantitative estimate of drug-likeness (QED) is 0.342. The van der Waals surface area contributed by atoms with Gasteiger partial charge < -0.3 is 29.9 Å². The van der Waals surface area contributed by atoms with Crippen molar-refractivity contribution in [1.29, 1.82) is 0 Å². The van der Waals surface area contributed by atoms with Crippen LogP contribution >= 0.6 is 0 Å².